The van der Waals surface area contributed by atoms with Gasteiger partial charge in [0.05, 0.1) is 14.2 Å². The van der Waals surface area contributed by atoms with Crippen molar-refractivity contribution in [3.8, 4) is 5.75 Å². The van der Waals surface area contributed by atoms with E-state index >= 15 is 0 Å². The highest BCUT2D eigenvalue weighted by atomic mass is 16.5. The fourth-order valence-corrected chi connectivity index (χ4v) is 2.66. The number of benzene rings is 1. The highest BCUT2D eigenvalue weighted by Gasteiger charge is 2.39. The monoisotopic (exact) mass is 320 g/mol. The first-order valence-electron chi connectivity index (χ1n) is 7.26. The summed E-state index contributed by atoms with van der Waals surface area (Å²) in [7, 11) is 2.83. The van der Waals surface area contributed by atoms with E-state index in [4.69, 9.17) is 9.47 Å². The van der Waals surface area contributed by atoms with Crippen molar-refractivity contribution in [2.45, 2.75) is 25.4 Å². The van der Waals surface area contributed by atoms with Gasteiger partial charge in [0.25, 0.3) is 5.91 Å². The summed E-state index contributed by atoms with van der Waals surface area (Å²) in [5.74, 6) is -0.286. The molecule has 0 saturated carbocycles. The maximum atomic E-state index is 12.3. The summed E-state index contributed by atoms with van der Waals surface area (Å²) in [6.45, 7) is 1.68. The molecule has 0 aromatic heterocycles. The van der Waals surface area contributed by atoms with Crippen LogP contribution < -0.4 is 10.1 Å². The van der Waals surface area contributed by atoms with E-state index in [2.05, 4.69) is 5.32 Å². The Morgan fingerprint density at radius 2 is 1.83 bits per heavy atom. The number of hydrogen-bond donors (Lipinski definition) is 1. The molecule has 1 heterocycles. The van der Waals surface area contributed by atoms with E-state index in [0.717, 1.165) is 0 Å². The number of nitrogens with zero attached hydrogens (tertiary/aromatic N) is 1. The summed E-state index contributed by atoms with van der Waals surface area (Å²) in [4.78, 5) is 37.1. The maximum Gasteiger partial charge on any atom is 0.328 e. The predicted molar refractivity (Wildman–Crippen MR) is 82.1 cm³/mol. The lowest BCUT2D eigenvalue weighted by atomic mass is 10.1. The van der Waals surface area contributed by atoms with Crippen LogP contribution >= 0.6 is 0 Å². The molecule has 2 unspecified atom stereocenters. The Morgan fingerprint density at radius 3 is 2.35 bits per heavy atom. The average molecular weight is 320 g/mol. The SMILES string of the molecule is COC(=O)C1CC(NC(=O)c2ccc(OC)cc2)CN1C(C)=O. The molecule has 2 rings (SSSR count). The topological polar surface area (TPSA) is 84.9 Å². The van der Waals surface area contributed by atoms with Crippen molar-refractivity contribution in [3.05, 3.63) is 29.8 Å². The third-order valence-electron chi connectivity index (χ3n) is 3.87. The first-order chi connectivity index (χ1) is 11.0. The molecule has 1 N–H and O–H groups in total. The van der Waals surface area contributed by atoms with E-state index in [9.17, 15) is 14.4 Å². The molecule has 0 spiro atoms. The van der Waals surface area contributed by atoms with Crippen LogP contribution in [-0.4, -0.2) is 55.5 Å². The van der Waals surface area contributed by atoms with Gasteiger partial charge in [-0.15, -0.1) is 0 Å². The van der Waals surface area contributed by atoms with Crippen molar-refractivity contribution in [2.24, 2.45) is 0 Å². The first-order valence-corrected chi connectivity index (χ1v) is 7.26. The van der Waals surface area contributed by atoms with Crippen LogP contribution in [0.25, 0.3) is 0 Å². The van der Waals surface area contributed by atoms with Gasteiger partial charge in [-0.05, 0) is 24.3 Å². The summed E-state index contributed by atoms with van der Waals surface area (Å²) in [5.41, 5.74) is 0.488. The minimum absolute atomic E-state index is 0.221. The number of carbonyl (C=O) groups excluding carboxylic acids is 3. The summed E-state index contributed by atoms with van der Waals surface area (Å²) < 4.78 is 9.77. The number of amides is 2. The molecule has 1 aliphatic heterocycles. The number of hydrogen-bond acceptors (Lipinski definition) is 5. The van der Waals surface area contributed by atoms with Gasteiger partial charge in [0.2, 0.25) is 5.91 Å². The van der Waals surface area contributed by atoms with Gasteiger partial charge in [-0.3, -0.25) is 9.59 Å². The molecule has 124 valence electrons. The lowest BCUT2D eigenvalue weighted by molar-refractivity contribution is -0.150. The van der Waals surface area contributed by atoms with Crippen LogP contribution in [0.1, 0.15) is 23.7 Å². The molecule has 0 radical (unpaired) electrons. The Balaban J connectivity index is 2.03. The van der Waals surface area contributed by atoms with Crippen molar-refractivity contribution in [2.75, 3.05) is 20.8 Å². The van der Waals surface area contributed by atoms with Gasteiger partial charge in [-0.25, -0.2) is 4.79 Å². The zero-order chi connectivity index (χ0) is 17.0. The van der Waals surface area contributed by atoms with Crippen molar-refractivity contribution in [1.29, 1.82) is 0 Å². The fourth-order valence-electron chi connectivity index (χ4n) is 2.66. The van der Waals surface area contributed by atoms with E-state index in [1.54, 1.807) is 31.4 Å². The van der Waals surface area contributed by atoms with Crippen molar-refractivity contribution >= 4 is 17.8 Å². The zero-order valence-corrected chi connectivity index (χ0v) is 13.4. The van der Waals surface area contributed by atoms with Gasteiger partial charge in [0.1, 0.15) is 11.8 Å². The highest BCUT2D eigenvalue weighted by molar-refractivity contribution is 5.94. The largest absolute Gasteiger partial charge is 0.497 e. The summed E-state index contributed by atoms with van der Waals surface area (Å²) in [6, 6.07) is 5.76. The Bertz CT molecular complexity index is 599. The number of ether oxygens (including phenoxy) is 2. The quantitative estimate of drug-likeness (QED) is 0.821. The second-order valence-electron chi connectivity index (χ2n) is 5.34. The number of nitrogens with one attached hydrogen (secondary N) is 1. The second-order valence-corrected chi connectivity index (χ2v) is 5.34. The fraction of sp³-hybridized carbons (Fsp3) is 0.438. The van der Waals surface area contributed by atoms with Gasteiger partial charge in [0, 0.05) is 31.5 Å². The normalized spacial score (nSPS) is 20.0. The van der Waals surface area contributed by atoms with E-state index in [1.165, 1.54) is 18.9 Å². The molecule has 1 aromatic carbocycles. The standard InChI is InChI=1S/C16H20N2O5/c1-10(19)18-9-12(8-14(18)16(21)23-3)17-15(20)11-4-6-13(22-2)7-5-11/h4-7,12,14H,8-9H2,1-3H3,(H,17,20). The third-order valence-corrected chi connectivity index (χ3v) is 3.87. The molecule has 7 heteroatoms. The Morgan fingerprint density at radius 1 is 1.17 bits per heavy atom. The molecule has 23 heavy (non-hydrogen) atoms. The molecule has 0 bridgehead atoms. The Kier molecular flexibility index (Phi) is 5.20. The van der Waals surface area contributed by atoms with E-state index in [0.29, 0.717) is 17.7 Å². The second kappa shape index (κ2) is 7.13. The number of methoxy groups -OCH3 is 2. The van der Waals surface area contributed by atoms with Gasteiger partial charge in [0.15, 0.2) is 0 Å². The van der Waals surface area contributed by atoms with Crippen LogP contribution in [0.4, 0.5) is 0 Å². The highest BCUT2D eigenvalue weighted by Crippen LogP contribution is 2.20. The van der Waals surface area contributed by atoms with E-state index in [-0.39, 0.29) is 24.4 Å². The van der Waals surface area contributed by atoms with Crippen molar-refractivity contribution in [3.63, 3.8) is 0 Å². The first kappa shape index (κ1) is 16.8. The summed E-state index contributed by atoms with van der Waals surface area (Å²) in [5, 5.41) is 2.85. The van der Waals surface area contributed by atoms with Gasteiger partial charge < -0.3 is 19.7 Å². The molecule has 1 saturated heterocycles. The van der Waals surface area contributed by atoms with Crippen LogP contribution in [-0.2, 0) is 14.3 Å². The predicted octanol–water partition coefficient (Wildman–Crippen LogP) is 0.587. The smallest absolute Gasteiger partial charge is 0.328 e. The van der Waals surface area contributed by atoms with Gasteiger partial charge in [-0.2, -0.15) is 0 Å². The molecular weight excluding hydrogens is 300 g/mol. The number of rotatable bonds is 4. The van der Waals surface area contributed by atoms with Crippen LogP contribution in [0.5, 0.6) is 5.75 Å². The molecule has 2 atom stereocenters. The Labute approximate surface area is 134 Å². The van der Waals surface area contributed by atoms with Crippen LogP contribution in [0.2, 0.25) is 0 Å². The van der Waals surface area contributed by atoms with E-state index in [1.807, 2.05) is 0 Å². The minimum Gasteiger partial charge on any atom is -0.497 e. The van der Waals surface area contributed by atoms with Crippen molar-refractivity contribution in [1.82, 2.24) is 10.2 Å². The van der Waals surface area contributed by atoms with Crippen LogP contribution in [0.3, 0.4) is 0 Å². The maximum absolute atomic E-state index is 12.3. The minimum atomic E-state index is -0.654. The number of carbonyl (C=O) groups is 3. The van der Waals surface area contributed by atoms with Crippen LogP contribution in [0.15, 0.2) is 24.3 Å². The number of esters is 1. The summed E-state index contributed by atoms with van der Waals surface area (Å²) >= 11 is 0. The molecule has 7 nitrogen and oxygen atoms in total. The Hall–Kier alpha value is -2.57. The van der Waals surface area contributed by atoms with Gasteiger partial charge in [-0.1, -0.05) is 0 Å². The lowest BCUT2D eigenvalue weighted by Gasteiger charge is -2.20. The van der Waals surface area contributed by atoms with Crippen LogP contribution in [0, 0.1) is 0 Å². The van der Waals surface area contributed by atoms with E-state index < -0.39 is 12.0 Å². The van der Waals surface area contributed by atoms with Gasteiger partial charge >= 0.3 is 5.97 Å². The molecule has 1 fully saturated rings. The van der Waals surface area contributed by atoms with Crippen molar-refractivity contribution < 1.29 is 23.9 Å². The summed E-state index contributed by atoms with van der Waals surface area (Å²) in [6.07, 6.45) is 0.341. The lowest BCUT2D eigenvalue weighted by Crippen LogP contribution is -2.40. The third kappa shape index (κ3) is 3.80. The molecular formula is C16H20N2O5. The number of likely N-dealkylation sites (tertiary alicyclic amines) is 1. The molecule has 0 aliphatic carbocycles. The zero-order valence-electron chi connectivity index (χ0n) is 13.4. The molecule has 1 aliphatic rings. The average Bonchev–Trinajstić information content (AvgIpc) is 2.98. The molecule has 2 amide bonds. The molecule has 1 aromatic rings.